The fraction of sp³-hybridized carbons (Fsp3) is 0.235. The van der Waals surface area contributed by atoms with E-state index in [-0.39, 0.29) is 11.5 Å². The van der Waals surface area contributed by atoms with Crippen LogP contribution in [0.25, 0.3) is 0 Å². The third kappa shape index (κ3) is 4.07. The Morgan fingerprint density at radius 1 is 1.19 bits per heavy atom. The number of hydrogen-bond acceptors (Lipinski definition) is 4. The number of phenols is 1. The van der Waals surface area contributed by atoms with Gasteiger partial charge in [0.25, 0.3) is 0 Å². The number of hydrogen-bond donors (Lipinski definition) is 1. The van der Waals surface area contributed by atoms with Crippen LogP contribution in [0.4, 0.5) is 0 Å². The Hall–Kier alpha value is -2.33. The van der Waals surface area contributed by atoms with Crippen molar-refractivity contribution in [1.29, 1.82) is 0 Å². The van der Waals surface area contributed by atoms with Crippen molar-refractivity contribution in [3.05, 3.63) is 59.7 Å². The third-order valence-electron chi connectivity index (χ3n) is 3.21. The molecule has 110 valence electrons. The minimum atomic E-state index is 0.0869. The van der Waals surface area contributed by atoms with Gasteiger partial charge in [0.05, 0.1) is 13.7 Å². The predicted molar refractivity (Wildman–Crippen MR) is 81.8 cm³/mol. The summed E-state index contributed by atoms with van der Waals surface area (Å²) in [5.41, 5.74) is 1.70. The van der Waals surface area contributed by atoms with Crippen LogP contribution in [0.15, 0.2) is 48.5 Å². The molecule has 0 bridgehead atoms. The molecule has 0 atom stereocenters. The largest absolute Gasteiger partial charge is 0.504 e. The third-order valence-corrected chi connectivity index (χ3v) is 3.21. The maximum absolute atomic E-state index is 12.1. The zero-order valence-corrected chi connectivity index (χ0v) is 12.2. The molecule has 2 rings (SSSR count). The van der Waals surface area contributed by atoms with Crippen molar-refractivity contribution in [3.8, 4) is 11.5 Å². The Morgan fingerprint density at radius 2 is 1.90 bits per heavy atom. The van der Waals surface area contributed by atoms with Crippen LogP contribution >= 0.6 is 0 Å². The van der Waals surface area contributed by atoms with E-state index >= 15 is 0 Å². The first-order valence-electron chi connectivity index (χ1n) is 6.73. The fourth-order valence-electron chi connectivity index (χ4n) is 2.15. The van der Waals surface area contributed by atoms with Crippen LogP contribution in [-0.4, -0.2) is 36.5 Å². The molecule has 2 aromatic rings. The Morgan fingerprint density at radius 3 is 2.57 bits per heavy atom. The molecule has 0 fully saturated rings. The van der Waals surface area contributed by atoms with E-state index < -0.39 is 0 Å². The minimum absolute atomic E-state index is 0.0869. The van der Waals surface area contributed by atoms with Crippen LogP contribution in [0.1, 0.15) is 15.9 Å². The highest BCUT2D eigenvalue weighted by molar-refractivity contribution is 5.97. The number of carbonyl (C=O) groups is 1. The van der Waals surface area contributed by atoms with Gasteiger partial charge in [0.1, 0.15) is 0 Å². The summed E-state index contributed by atoms with van der Waals surface area (Å²) in [4.78, 5) is 14.0. The summed E-state index contributed by atoms with van der Waals surface area (Å²) in [5, 5.41) is 9.57. The monoisotopic (exact) mass is 285 g/mol. The van der Waals surface area contributed by atoms with E-state index in [9.17, 15) is 9.90 Å². The maximum atomic E-state index is 12.1. The molecule has 0 aromatic heterocycles. The molecule has 0 heterocycles. The maximum Gasteiger partial charge on any atom is 0.176 e. The van der Waals surface area contributed by atoms with E-state index in [0.717, 1.165) is 5.56 Å². The van der Waals surface area contributed by atoms with Crippen LogP contribution in [0.5, 0.6) is 11.5 Å². The Balaban J connectivity index is 1.98. The van der Waals surface area contributed by atoms with Gasteiger partial charge in [-0.05, 0) is 24.7 Å². The van der Waals surface area contributed by atoms with Gasteiger partial charge in [-0.3, -0.25) is 9.69 Å². The number of carbonyl (C=O) groups excluding carboxylic acids is 1. The van der Waals surface area contributed by atoms with Crippen LogP contribution in [-0.2, 0) is 6.54 Å². The molecule has 0 spiro atoms. The van der Waals surface area contributed by atoms with Crippen molar-refractivity contribution < 1.29 is 14.6 Å². The van der Waals surface area contributed by atoms with E-state index in [4.69, 9.17) is 4.74 Å². The molecule has 0 unspecified atom stereocenters. The van der Waals surface area contributed by atoms with Gasteiger partial charge in [-0.25, -0.2) is 0 Å². The Kier molecular flexibility index (Phi) is 4.95. The van der Waals surface area contributed by atoms with Crippen LogP contribution in [0.3, 0.4) is 0 Å². The summed E-state index contributed by atoms with van der Waals surface area (Å²) >= 11 is 0. The molecule has 0 aliphatic rings. The lowest BCUT2D eigenvalue weighted by Crippen LogP contribution is -2.25. The lowest BCUT2D eigenvalue weighted by Gasteiger charge is -2.16. The molecule has 0 aliphatic carbocycles. The van der Waals surface area contributed by atoms with Gasteiger partial charge in [-0.2, -0.15) is 0 Å². The highest BCUT2D eigenvalue weighted by Gasteiger charge is 2.10. The fourth-order valence-corrected chi connectivity index (χ4v) is 2.15. The second-order valence-electron chi connectivity index (χ2n) is 4.97. The standard InChI is InChI=1S/C17H19NO3/c1-18(12-16(20)14-6-4-3-5-7-14)11-13-8-9-15(19)17(10-13)21-2/h3-10,19H,11-12H2,1-2H3. The first-order chi connectivity index (χ1) is 10.1. The predicted octanol–water partition coefficient (Wildman–Crippen LogP) is 2.72. The molecule has 0 saturated heterocycles. The summed E-state index contributed by atoms with van der Waals surface area (Å²) in [6.07, 6.45) is 0. The second kappa shape index (κ2) is 6.90. The quantitative estimate of drug-likeness (QED) is 0.829. The molecular weight excluding hydrogens is 266 g/mol. The highest BCUT2D eigenvalue weighted by atomic mass is 16.5. The second-order valence-corrected chi connectivity index (χ2v) is 4.97. The van der Waals surface area contributed by atoms with Crippen molar-refractivity contribution in [3.63, 3.8) is 0 Å². The van der Waals surface area contributed by atoms with Crippen molar-refractivity contribution in [2.24, 2.45) is 0 Å². The average Bonchev–Trinajstić information content (AvgIpc) is 2.50. The molecular formula is C17H19NO3. The van der Waals surface area contributed by atoms with E-state index in [1.807, 2.05) is 48.3 Å². The number of ether oxygens (including phenoxy) is 1. The zero-order valence-electron chi connectivity index (χ0n) is 12.2. The summed E-state index contributed by atoms with van der Waals surface area (Å²) < 4.78 is 5.08. The molecule has 0 aliphatic heterocycles. The number of aromatic hydroxyl groups is 1. The average molecular weight is 285 g/mol. The van der Waals surface area contributed by atoms with E-state index in [1.54, 1.807) is 12.1 Å². The van der Waals surface area contributed by atoms with Crippen LogP contribution < -0.4 is 4.74 Å². The number of rotatable bonds is 6. The lowest BCUT2D eigenvalue weighted by molar-refractivity contribution is 0.0943. The van der Waals surface area contributed by atoms with E-state index in [0.29, 0.717) is 24.4 Å². The highest BCUT2D eigenvalue weighted by Crippen LogP contribution is 2.26. The number of ketones is 1. The van der Waals surface area contributed by atoms with Gasteiger partial charge in [0.15, 0.2) is 17.3 Å². The van der Waals surface area contributed by atoms with Crippen LogP contribution in [0, 0.1) is 0 Å². The molecule has 0 radical (unpaired) electrons. The van der Waals surface area contributed by atoms with Crippen molar-refractivity contribution in [2.45, 2.75) is 6.54 Å². The van der Waals surface area contributed by atoms with Crippen LogP contribution in [0.2, 0.25) is 0 Å². The van der Waals surface area contributed by atoms with E-state index in [1.165, 1.54) is 7.11 Å². The lowest BCUT2D eigenvalue weighted by atomic mass is 10.1. The van der Waals surface area contributed by atoms with Gasteiger partial charge >= 0.3 is 0 Å². The number of Topliss-reactive ketones (excluding diaryl/α,β-unsaturated/α-hetero) is 1. The Bertz CT molecular complexity index is 611. The summed E-state index contributed by atoms with van der Waals surface area (Å²) in [6.45, 7) is 0.947. The first kappa shape index (κ1) is 15.1. The number of phenolic OH excluding ortho intramolecular Hbond substituents is 1. The zero-order chi connectivity index (χ0) is 15.2. The van der Waals surface area contributed by atoms with E-state index in [2.05, 4.69) is 0 Å². The van der Waals surface area contributed by atoms with Gasteiger partial charge in [0.2, 0.25) is 0 Å². The SMILES string of the molecule is COc1cc(CN(C)CC(=O)c2ccccc2)ccc1O. The number of benzene rings is 2. The Labute approximate surface area is 124 Å². The van der Waals surface area contributed by atoms with Gasteiger partial charge < -0.3 is 9.84 Å². The smallest absolute Gasteiger partial charge is 0.176 e. The van der Waals surface area contributed by atoms with Gasteiger partial charge in [-0.1, -0.05) is 36.4 Å². The first-order valence-corrected chi connectivity index (χ1v) is 6.73. The summed E-state index contributed by atoms with van der Waals surface area (Å²) in [5.74, 6) is 0.642. The molecule has 2 aromatic carbocycles. The van der Waals surface area contributed by atoms with Crippen molar-refractivity contribution in [1.82, 2.24) is 4.90 Å². The van der Waals surface area contributed by atoms with Crippen molar-refractivity contribution in [2.75, 3.05) is 20.7 Å². The van der Waals surface area contributed by atoms with Crippen molar-refractivity contribution >= 4 is 5.78 Å². The van der Waals surface area contributed by atoms with Gasteiger partial charge in [0, 0.05) is 12.1 Å². The molecule has 0 amide bonds. The van der Waals surface area contributed by atoms with Gasteiger partial charge in [-0.15, -0.1) is 0 Å². The summed E-state index contributed by atoms with van der Waals surface area (Å²) in [6, 6.07) is 14.4. The summed E-state index contributed by atoms with van der Waals surface area (Å²) in [7, 11) is 3.40. The topological polar surface area (TPSA) is 49.8 Å². The number of methoxy groups -OCH3 is 1. The number of likely N-dealkylation sites (N-methyl/N-ethyl adjacent to an activating group) is 1. The minimum Gasteiger partial charge on any atom is -0.504 e. The number of nitrogens with zero attached hydrogens (tertiary/aromatic N) is 1. The molecule has 4 nitrogen and oxygen atoms in total. The normalized spacial score (nSPS) is 10.6. The molecule has 0 saturated carbocycles. The molecule has 21 heavy (non-hydrogen) atoms. The molecule has 1 N–H and O–H groups in total. The molecule has 4 heteroatoms.